The fourth-order valence-corrected chi connectivity index (χ4v) is 4.82. The van der Waals surface area contributed by atoms with Crippen molar-refractivity contribution in [1.29, 1.82) is 0 Å². The molecule has 0 heterocycles. The van der Waals surface area contributed by atoms with Crippen molar-refractivity contribution in [3.8, 4) is 0 Å². The van der Waals surface area contributed by atoms with Crippen LogP contribution in [0.2, 0.25) is 6.55 Å². The van der Waals surface area contributed by atoms with Gasteiger partial charge in [0.1, 0.15) is 6.17 Å². The third kappa shape index (κ3) is 6.21. The van der Waals surface area contributed by atoms with Crippen molar-refractivity contribution in [3.63, 3.8) is 0 Å². The molecule has 0 saturated carbocycles. The van der Waals surface area contributed by atoms with E-state index in [-0.39, 0.29) is 0 Å². The number of nitrogens with zero attached hydrogens (tertiary/aromatic N) is 1. The van der Waals surface area contributed by atoms with E-state index in [0.29, 0.717) is 0 Å². The molecule has 0 saturated heterocycles. The van der Waals surface area contributed by atoms with Crippen LogP contribution in [0.5, 0.6) is 0 Å². The molecule has 0 unspecified atom stereocenters. The van der Waals surface area contributed by atoms with Crippen molar-refractivity contribution in [1.82, 2.24) is 0 Å². The Hall–Kier alpha value is 0.0969. The van der Waals surface area contributed by atoms with Gasteiger partial charge < -0.3 is 13.3 Å². The van der Waals surface area contributed by atoms with Crippen LogP contribution in [0, 0.1) is 0 Å². The van der Waals surface area contributed by atoms with Gasteiger partial charge in [-0.05, 0) is 20.4 Å². The molecule has 0 N–H and O–H groups in total. The van der Waals surface area contributed by atoms with Crippen LogP contribution >= 0.6 is 0 Å². The van der Waals surface area contributed by atoms with E-state index in [1.54, 1.807) is 0 Å². The zero-order chi connectivity index (χ0) is 10.5. The summed E-state index contributed by atoms with van der Waals surface area (Å²) in [6, 6.07) is 0. The minimum absolute atomic E-state index is 0.753. The van der Waals surface area contributed by atoms with E-state index in [2.05, 4.69) is 27.7 Å². The monoisotopic (exact) mass is 206 g/mol. The smallest absolute Gasteiger partial charge is 0.391 e. The summed E-state index contributed by atoms with van der Waals surface area (Å²) in [4.78, 5) is 0. The number of hydrogen-bond donors (Lipinski definition) is 0. The molecule has 13 heavy (non-hydrogen) atoms. The normalized spacial score (nSPS) is 13.4. The lowest BCUT2D eigenvalue weighted by molar-refractivity contribution is -0.861. The minimum atomic E-state index is -1.91. The zero-order valence-corrected chi connectivity index (χ0v) is 10.9. The summed E-state index contributed by atoms with van der Waals surface area (Å²) >= 11 is 0. The Balaban J connectivity index is 4.22. The molecule has 0 aliphatic rings. The number of quaternary nitrogens is 1. The SMILES string of the molecule is CCO[Si](C)(C[N+](C)(C)C)OCC. The molecule has 80 valence electrons. The summed E-state index contributed by atoms with van der Waals surface area (Å²) in [7, 11) is 4.60. The van der Waals surface area contributed by atoms with Crippen molar-refractivity contribution < 1.29 is 13.3 Å². The molecule has 3 nitrogen and oxygen atoms in total. The molecule has 0 aliphatic carbocycles. The third-order valence-electron chi connectivity index (χ3n) is 1.66. The minimum Gasteiger partial charge on any atom is -0.391 e. The second-order valence-electron chi connectivity index (χ2n) is 4.45. The van der Waals surface area contributed by atoms with Gasteiger partial charge >= 0.3 is 8.56 Å². The van der Waals surface area contributed by atoms with Crippen molar-refractivity contribution in [2.45, 2.75) is 20.4 Å². The Bertz CT molecular complexity index is 139. The van der Waals surface area contributed by atoms with Crippen molar-refractivity contribution in [3.05, 3.63) is 0 Å². The van der Waals surface area contributed by atoms with E-state index in [9.17, 15) is 0 Å². The van der Waals surface area contributed by atoms with Crippen LogP contribution in [0.3, 0.4) is 0 Å². The van der Waals surface area contributed by atoms with Gasteiger partial charge in [-0.1, -0.05) is 0 Å². The highest BCUT2D eigenvalue weighted by Crippen LogP contribution is 2.11. The molecule has 0 rings (SSSR count). The Morgan fingerprint density at radius 2 is 1.38 bits per heavy atom. The van der Waals surface area contributed by atoms with Gasteiger partial charge in [0.05, 0.1) is 21.1 Å². The largest absolute Gasteiger partial charge is 0.393 e. The lowest BCUT2D eigenvalue weighted by Crippen LogP contribution is -2.55. The Kier molecular flexibility index (Phi) is 5.13. The molecule has 4 heteroatoms. The maximum Gasteiger partial charge on any atom is 0.393 e. The lowest BCUT2D eigenvalue weighted by atomic mass is 10.8. The first-order chi connectivity index (χ1) is 5.83. The first kappa shape index (κ1) is 13.1. The molecule has 0 aromatic heterocycles. The molecular formula is C9H24NO2Si+. The van der Waals surface area contributed by atoms with Gasteiger partial charge in [-0.25, -0.2) is 0 Å². The first-order valence-electron chi connectivity index (χ1n) is 4.91. The van der Waals surface area contributed by atoms with Crippen LogP contribution in [-0.4, -0.2) is 53.6 Å². The summed E-state index contributed by atoms with van der Waals surface area (Å²) in [5, 5.41) is 0. The predicted octanol–water partition coefficient (Wildman–Crippen LogP) is 1.38. The van der Waals surface area contributed by atoms with Gasteiger partial charge in [0.25, 0.3) is 0 Å². The quantitative estimate of drug-likeness (QED) is 0.483. The Morgan fingerprint density at radius 1 is 1.00 bits per heavy atom. The van der Waals surface area contributed by atoms with Gasteiger partial charge in [-0.15, -0.1) is 0 Å². The molecule has 0 aromatic carbocycles. The van der Waals surface area contributed by atoms with Crippen LogP contribution in [0.25, 0.3) is 0 Å². The fraction of sp³-hybridized carbons (Fsp3) is 1.00. The van der Waals surface area contributed by atoms with Gasteiger partial charge in [-0.3, -0.25) is 0 Å². The number of rotatable bonds is 6. The molecule has 0 radical (unpaired) electrons. The molecular weight excluding hydrogens is 182 g/mol. The van der Waals surface area contributed by atoms with Crippen LogP contribution < -0.4 is 0 Å². The molecule has 0 atom stereocenters. The molecule has 0 aliphatic heterocycles. The van der Waals surface area contributed by atoms with Gasteiger partial charge in [0.15, 0.2) is 0 Å². The molecule has 0 bridgehead atoms. The van der Waals surface area contributed by atoms with E-state index in [4.69, 9.17) is 8.85 Å². The number of hydrogen-bond acceptors (Lipinski definition) is 2. The van der Waals surface area contributed by atoms with Crippen LogP contribution in [0.4, 0.5) is 0 Å². The summed E-state index contributed by atoms with van der Waals surface area (Å²) in [6.45, 7) is 7.70. The Morgan fingerprint density at radius 3 is 1.62 bits per heavy atom. The highest BCUT2D eigenvalue weighted by Gasteiger charge is 2.37. The van der Waals surface area contributed by atoms with E-state index in [1.807, 2.05) is 13.8 Å². The van der Waals surface area contributed by atoms with E-state index >= 15 is 0 Å². The fourth-order valence-electron chi connectivity index (χ4n) is 1.61. The zero-order valence-electron chi connectivity index (χ0n) is 9.89. The van der Waals surface area contributed by atoms with Gasteiger partial charge in [0, 0.05) is 13.2 Å². The van der Waals surface area contributed by atoms with Crippen molar-refractivity contribution in [2.75, 3.05) is 40.5 Å². The van der Waals surface area contributed by atoms with Crippen LogP contribution in [0.1, 0.15) is 13.8 Å². The van der Waals surface area contributed by atoms with Crippen LogP contribution in [0.15, 0.2) is 0 Å². The topological polar surface area (TPSA) is 18.5 Å². The summed E-state index contributed by atoms with van der Waals surface area (Å²) in [6.07, 6.45) is 0.995. The highest BCUT2D eigenvalue weighted by atomic mass is 28.4. The van der Waals surface area contributed by atoms with E-state index in [0.717, 1.165) is 23.9 Å². The lowest BCUT2D eigenvalue weighted by Gasteiger charge is -2.33. The maximum absolute atomic E-state index is 5.75. The van der Waals surface area contributed by atoms with Crippen molar-refractivity contribution in [2.24, 2.45) is 0 Å². The highest BCUT2D eigenvalue weighted by molar-refractivity contribution is 6.65. The molecule has 0 fully saturated rings. The third-order valence-corrected chi connectivity index (χ3v) is 4.98. The first-order valence-corrected chi connectivity index (χ1v) is 7.43. The van der Waals surface area contributed by atoms with Crippen LogP contribution in [-0.2, 0) is 8.85 Å². The summed E-state index contributed by atoms with van der Waals surface area (Å²) in [5.74, 6) is 0. The predicted molar refractivity (Wildman–Crippen MR) is 57.8 cm³/mol. The average molecular weight is 206 g/mol. The average Bonchev–Trinajstić information content (AvgIpc) is 1.82. The summed E-state index contributed by atoms with van der Waals surface area (Å²) < 4.78 is 12.4. The molecule has 0 aromatic rings. The van der Waals surface area contributed by atoms with E-state index < -0.39 is 8.56 Å². The summed E-state index contributed by atoms with van der Waals surface area (Å²) in [5.41, 5.74) is 0. The molecule has 0 amide bonds. The van der Waals surface area contributed by atoms with Crippen molar-refractivity contribution >= 4 is 8.56 Å². The van der Waals surface area contributed by atoms with E-state index in [1.165, 1.54) is 0 Å². The molecule has 0 spiro atoms. The maximum atomic E-state index is 5.75. The Labute approximate surface area is 83.5 Å². The van der Waals surface area contributed by atoms with Gasteiger partial charge in [-0.2, -0.15) is 0 Å². The second-order valence-corrected chi connectivity index (χ2v) is 7.61. The van der Waals surface area contributed by atoms with Gasteiger partial charge in [0.2, 0.25) is 0 Å². The standard InChI is InChI=1S/C9H24NO2Si/c1-7-11-13(6,12-8-2)9-10(3,4)5/h7-9H2,1-6H3/q+1. The second kappa shape index (κ2) is 5.10.